The van der Waals surface area contributed by atoms with Crippen LogP contribution in [-0.4, -0.2) is 33.5 Å². The van der Waals surface area contributed by atoms with Crippen LogP contribution in [0.4, 0.5) is 5.69 Å². The minimum atomic E-state index is -0.463. The second-order valence-corrected chi connectivity index (χ2v) is 5.80. The van der Waals surface area contributed by atoms with Crippen molar-refractivity contribution in [3.05, 3.63) is 48.5 Å². The summed E-state index contributed by atoms with van der Waals surface area (Å²) >= 11 is 1.69. The molecule has 0 aliphatic rings. The number of aromatic nitrogens is 2. The monoisotopic (exact) mass is 304 g/mol. The Bertz CT molecular complexity index is 571. The zero-order valence-electron chi connectivity index (χ0n) is 12.0. The quantitative estimate of drug-likeness (QED) is 0.820. The standard InChI is InChI=1S/C15H20N4OS/c1-21-8-5-14(16)15(20)18-13-4-2-3-12(9-13)10-19-7-6-17-11-19/h2-4,6-7,9,11,14H,5,8,10,16H2,1H3,(H,18,20)/t14-/m1/s1. The molecule has 0 saturated heterocycles. The van der Waals surface area contributed by atoms with Gasteiger partial charge in [0.2, 0.25) is 5.91 Å². The van der Waals surface area contributed by atoms with Gasteiger partial charge in [0, 0.05) is 24.6 Å². The molecule has 0 aliphatic heterocycles. The molecule has 3 N–H and O–H groups in total. The van der Waals surface area contributed by atoms with Gasteiger partial charge in [0.15, 0.2) is 0 Å². The number of anilines is 1. The molecule has 1 heterocycles. The van der Waals surface area contributed by atoms with Gasteiger partial charge in [0.05, 0.1) is 12.4 Å². The fourth-order valence-corrected chi connectivity index (χ4v) is 2.44. The molecule has 2 aromatic rings. The Morgan fingerprint density at radius 1 is 1.52 bits per heavy atom. The van der Waals surface area contributed by atoms with E-state index in [1.54, 1.807) is 24.3 Å². The van der Waals surface area contributed by atoms with E-state index in [2.05, 4.69) is 10.3 Å². The van der Waals surface area contributed by atoms with E-state index in [9.17, 15) is 4.79 Å². The Labute approximate surface area is 128 Å². The molecule has 2 rings (SSSR count). The van der Waals surface area contributed by atoms with Crippen molar-refractivity contribution < 1.29 is 4.79 Å². The fraction of sp³-hybridized carbons (Fsp3) is 0.333. The highest BCUT2D eigenvalue weighted by molar-refractivity contribution is 7.98. The molecule has 1 aromatic carbocycles. The summed E-state index contributed by atoms with van der Waals surface area (Å²) in [5, 5.41) is 2.87. The number of amides is 1. The molecule has 0 fully saturated rings. The number of rotatable bonds is 7. The van der Waals surface area contributed by atoms with E-state index in [4.69, 9.17) is 5.73 Å². The first-order chi connectivity index (χ1) is 10.2. The van der Waals surface area contributed by atoms with Gasteiger partial charge in [-0.3, -0.25) is 4.79 Å². The van der Waals surface area contributed by atoms with Crippen molar-refractivity contribution in [1.82, 2.24) is 9.55 Å². The van der Waals surface area contributed by atoms with E-state index in [-0.39, 0.29) is 5.91 Å². The number of nitrogens with two attached hydrogens (primary N) is 1. The number of carbonyl (C=O) groups excluding carboxylic acids is 1. The van der Waals surface area contributed by atoms with Crippen molar-refractivity contribution >= 4 is 23.4 Å². The maximum atomic E-state index is 12.0. The molecule has 0 bridgehead atoms. The number of thioether (sulfide) groups is 1. The summed E-state index contributed by atoms with van der Waals surface area (Å²) in [4.78, 5) is 16.0. The molecule has 1 aromatic heterocycles. The van der Waals surface area contributed by atoms with Crippen molar-refractivity contribution in [2.45, 2.75) is 19.0 Å². The Kier molecular flexibility index (Phi) is 5.83. The third-order valence-electron chi connectivity index (χ3n) is 3.09. The zero-order valence-corrected chi connectivity index (χ0v) is 12.8. The second kappa shape index (κ2) is 7.85. The summed E-state index contributed by atoms with van der Waals surface area (Å²) in [6, 6.07) is 7.31. The number of benzene rings is 1. The van der Waals surface area contributed by atoms with Gasteiger partial charge in [0.1, 0.15) is 0 Å². The lowest BCUT2D eigenvalue weighted by atomic mass is 10.1. The van der Waals surface area contributed by atoms with E-state index in [0.29, 0.717) is 6.42 Å². The van der Waals surface area contributed by atoms with Gasteiger partial charge in [-0.1, -0.05) is 12.1 Å². The molecule has 6 heteroatoms. The van der Waals surface area contributed by atoms with Crippen molar-refractivity contribution in [3.8, 4) is 0 Å². The molecule has 0 aliphatic carbocycles. The summed E-state index contributed by atoms with van der Waals surface area (Å²) < 4.78 is 1.98. The predicted octanol–water partition coefficient (Wildman–Crippen LogP) is 1.95. The van der Waals surface area contributed by atoms with Crippen molar-refractivity contribution in [3.63, 3.8) is 0 Å². The maximum Gasteiger partial charge on any atom is 0.241 e. The molecule has 0 saturated carbocycles. The van der Waals surface area contributed by atoms with Gasteiger partial charge in [0.25, 0.3) is 0 Å². The number of nitrogens with one attached hydrogen (secondary N) is 1. The van der Waals surface area contributed by atoms with Crippen LogP contribution in [-0.2, 0) is 11.3 Å². The summed E-state index contributed by atoms with van der Waals surface area (Å²) in [5.41, 5.74) is 7.74. The molecule has 112 valence electrons. The average molecular weight is 304 g/mol. The number of nitrogens with zero attached hydrogens (tertiary/aromatic N) is 2. The zero-order chi connectivity index (χ0) is 15.1. The molecule has 0 spiro atoms. The predicted molar refractivity (Wildman–Crippen MR) is 87.4 cm³/mol. The van der Waals surface area contributed by atoms with Gasteiger partial charge < -0.3 is 15.6 Å². The number of hydrogen-bond acceptors (Lipinski definition) is 4. The molecule has 1 amide bonds. The van der Waals surface area contributed by atoms with Crippen LogP contribution >= 0.6 is 11.8 Å². The topological polar surface area (TPSA) is 72.9 Å². The highest BCUT2D eigenvalue weighted by Crippen LogP contribution is 2.12. The Hall–Kier alpha value is -1.79. The largest absolute Gasteiger partial charge is 0.333 e. The minimum absolute atomic E-state index is 0.135. The summed E-state index contributed by atoms with van der Waals surface area (Å²) in [5.74, 6) is 0.749. The number of carbonyl (C=O) groups is 1. The smallest absolute Gasteiger partial charge is 0.241 e. The van der Waals surface area contributed by atoms with E-state index in [1.807, 2.05) is 41.3 Å². The minimum Gasteiger partial charge on any atom is -0.333 e. The van der Waals surface area contributed by atoms with Gasteiger partial charge in [-0.25, -0.2) is 4.98 Å². The fourth-order valence-electron chi connectivity index (χ4n) is 1.95. The second-order valence-electron chi connectivity index (χ2n) is 4.81. The van der Waals surface area contributed by atoms with Gasteiger partial charge in [-0.15, -0.1) is 0 Å². The molecule has 0 unspecified atom stereocenters. The molecule has 1 atom stereocenters. The van der Waals surface area contributed by atoms with Gasteiger partial charge >= 0.3 is 0 Å². The lowest BCUT2D eigenvalue weighted by Gasteiger charge is -2.12. The number of imidazole rings is 1. The Morgan fingerprint density at radius 3 is 3.10 bits per heavy atom. The maximum absolute atomic E-state index is 12.0. The van der Waals surface area contributed by atoms with Crippen LogP contribution in [0.5, 0.6) is 0 Å². The summed E-state index contributed by atoms with van der Waals surface area (Å²) in [6.07, 6.45) is 8.11. The first-order valence-corrected chi connectivity index (χ1v) is 8.18. The third kappa shape index (κ3) is 4.91. The first kappa shape index (κ1) is 15.6. The van der Waals surface area contributed by atoms with Crippen LogP contribution < -0.4 is 11.1 Å². The summed E-state index contributed by atoms with van der Waals surface area (Å²) in [7, 11) is 0. The van der Waals surface area contributed by atoms with Crippen molar-refractivity contribution in [2.24, 2.45) is 5.73 Å². The lowest BCUT2D eigenvalue weighted by Crippen LogP contribution is -2.36. The van der Waals surface area contributed by atoms with E-state index in [0.717, 1.165) is 23.5 Å². The van der Waals surface area contributed by atoms with Crippen LogP contribution in [0.2, 0.25) is 0 Å². The third-order valence-corrected chi connectivity index (χ3v) is 3.73. The SMILES string of the molecule is CSCC[C@@H](N)C(=O)Nc1cccc(Cn2ccnc2)c1. The van der Waals surface area contributed by atoms with E-state index >= 15 is 0 Å². The first-order valence-electron chi connectivity index (χ1n) is 6.79. The van der Waals surface area contributed by atoms with E-state index < -0.39 is 6.04 Å². The van der Waals surface area contributed by atoms with Crippen LogP contribution in [0.1, 0.15) is 12.0 Å². The average Bonchev–Trinajstić information content (AvgIpc) is 2.98. The van der Waals surface area contributed by atoms with Gasteiger partial charge in [-0.2, -0.15) is 11.8 Å². The van der Waals surface area contributed by atoms with E-state index in [1.165, 1.54) is 0 Å². The van der Waals surface area contributed by atoms with Crippen LogP contribution in [0.15, 0.2) is 43.0 Å². The molecular formula is C15H20N4OS. The highest BCUT2D eigenvalue weighted by atomic mass is 32.2. The molecule has 5 nitrogen and oxygen atoms in total. The number of hydrogen-bond donors (Lipinski definition) is 2. The highest BCUT2D eigenvalue weighted by Gasteiger charge is 2.13. The molecule has 21 heavy (non-hydrogen) atoms. The summed E-state index contributed by atoms with van der Waals surface area (Å²) in [6.45, 7) is 0.724. The normalized spacial score (nSPS) is 12.1. The lowest BCUT2D eigenvalue weighted by molar-refractivity contribution is -0.117. The molecular weight excluding hydrogens is 284 g/mol. The Balaban J connectivity index is 1.96. The van der Waals surface area contributed by atoms with Crippen LogP contribution in [0.3, 0.4) is 0 Å². The van der Waals surface area contributed by atoms with Crippen LogP contribution in [0, 0.1) is 0 Å². The van der Waals surface area contributed by atoms with Crippen molar-refractivity contribution in [2.75, 3.05) is 17.3 Å². The van der Waals surface area contributed by atoms with Gasteiger partial charge in [-0.05, 0) is 36.1 Å². The Morgan fingerprint density at radius 2 is 2.38 bits per heavy atom. The van der Waals surface area contributed by atoms with Crippen molar-refractivity contribution in [1.29, 1.82) is 0 Å². The van der Waals surface area contributed by atoms with Crippen LogP contribution in [0.25, 0.3) is 0 Å². The molecule has 0 radical (unpaired) electrons.